The van der Waals surface area contributed by atoms with Crippen LogP contribution in [-0.2, 0) is 22.0 Å². The number of nitrogens with one attached hydrogen (secondary N) is 1. The quantitative estimate of drug-likeness (QED) is 0.529. The zero-order chi connectivity index (χ0) is 23.6. The van der Waals surface area contributed by atoms with Gasteiger partial charge in [-0.2, -0.15) is 0 Å². The molecule has 0 fully saturated rings. The van der Waals surface area contributed by atoms with Gasteiger partial charge < -0.3 is 5.32 Å². The first-order valence-electron chi connectivity index (χ1n) is 9.27. The lowest BCUT2D eigenvalue weighted by molar-refractivity contribution is 0.0954. The molecule has 0 aliphatic rings. The number of carbonyl (C=O) groups excluding carboxylic acids is 2. The summed E-state index contributed by atoms with van der Waals surface area (Å²) in [5, 5.41) is 2.79. The first-order chi connectivity index (χ1) is 15.2. The summed E-state index contributed by atoms with van der Waals surface area (Å²) in [6.07, 6.45) is 1.25. The van der Waals surface area contributed by atoms with Crippen molar-refractivity contribution in [2.24, 2.45) is 0 Å². The Hall–Kier alpha value is -3.53. The molecule has 0 bridgehead atoms. The number of hydrogen-bond donors (Lipinski definition) is 1. The van der Waals surface area contributed by atoms with E-state index < -0.39 is 21.9 Å². The van der Waals surface area contributed by atoms with E-state index in [0.717, 1.165) is 5.56 Å². The van der Waals surface area contributed by atoms with Crippen molar-refractivity contribution in [3.05, 3.63) is 95.6 Å². The van der Waals surface area contributed by atoms with Gasteiger partial charge >= 0.3 is 6.29 Å². The van der Waals surface area contributed by atoms with Crippen LogP contribution in [0.5, 0.6) is 0 Å². The van der Waals surface area contributed by atoms with Crippen LogP contribution in [0.15, 0.2) is 78.0 Å². The molecule has 0 radical (unpaired) electrons. The van der Waals surface area contributed by atoms with Crippen LogP contribution in [-0.4, -0.2) is 32.1 Å². The van der Waals surface area contributed by atoms with E-state index in [9.17, 15) is 26.4 Å². The van der Waals surface area contributed by atoms with Gasteiger partial charge in [0, 0.05) is 24.5 Å². The molecule has 0 atom stereocenters. The van der Waals surface area contributed by atoms with Gasteiger partial charge in [-0.3, -0.25) is 9.78 Å². The van der Waals surface area contributed by atoms with E-state index in [1.165, 1.54) is 42.5 Å². The number of nitrogens with zero attached hydrogens (tertiary/aromatic N) is 1. The third-order valence-electron chi connectivity index (χ3n) is 4.14. The van der Waals surface area contributed by atoms with Crippen LogP contribution in [0.4, 0.5) is 18.0 Å². The van der Waals surface area contributed by atoms with Gasteiger partial charge in [0.1, 0.15) is 5.82 Å². The topological polar surface area (TPSA) is 93.2 Å². The minimum Gasteiger partial charge on any atom is -0.352 e. The highest BCUT2D eigenvalue weighted by Crippen LogP contribution is 2.18. The SMILES string of the molecule is O=C(F)F.O=C(NCCc1cccnc1)c1ccc(S(=O)(=O)Cc2cccc(F)c2)cc1. The van der Waals surface area contributed by atoms with Crippen LogP contribution in [0.25, 0.3) is 0 Å². The average molecular weight is 464 g/mol. The van der Waals surface area contributed by atoms with Crippen LogP contribution >= 0.6 is 0 Å². The molecule has 3 rings (SSSR count). The molecule has 168 valence electrons. The normalized spacial score (nSPS) is 10.6. The van der Waals surface area contributed by atoms with E-state index in [2.05, 4.69) is 10.3 Å². The minimum absolute atomic E-state index is 0.0867. The molecule has 1 amide bonds. The molecule has 0 spiro atoms. The maximum atomic E-state index is 13.3. The fourth-order valence-corrected chi connectivity index (χ4v) is 4.05. The van der Waals surface area contributed by atoms with Crippen molar-refractivity contribution in [1.82, 2.24) is 10.3 Å². The van der Waals surface area contributed by atoms with Crippen molar-refractivity contribution >= 4 is 22.0 Å². The molecule has 32 heavy (non-hydrogen) atoms. The average Bonchev–Trinajstić information content (AvgIpc) is 2.74. The van der Waals surface area contributed by atoms with Crippen molar-refractivity contribution in [3.8, 4) is 0 Å². The van der Waals surface area contributed by atoms with Crippen molar-refractivity contribution < 1.29 is 31.2 Å². The highest BCUT2D eigenvalue weighted by molar-refractivity contribution is 7.90. The largest absolute Gasteiger partial charge is 0.483 e. The smallest absolute Gasteiger partial charge is 0.352 e. The Balaban J connectivity index is 0.000000837. The molecule has 0 unspecified atom stereocenters. The summed E-state index contributed by atoms with van der Waals surface area (Å²) in [5.74, 6) is -1.06. The first kappa shape index (κ1) is 24.7. The van der Waals surface area contributed by atoms with Gasteiger partial charge in [-0.25, -0.2) is 17.6 Å². The first-order valence-corrected chi connectivity index (χ1v) is 10.9. The summed E-state index contributed by atoms with van der Waals surface area (Å²) in [6.45, 7) is 0.449. The van der Waals surface area contributed by atoms with Crippen LogP contribution in [0, 0.1) is 5.82 Å². The van der Waals surface area contributed by atoms with Crippen molar-refractivity contribution in [2.75, 3.05) is 6.54 Å². The number of rotatable bonds is 7. The highest BCUT2D eigenvalue weighted by atomic mass is 32.2. The Bertz CT molecular complexity index is 1150. The van der Waals surface area contributed by atoms with Gasteiger partial charge in [-0.1, -0.05) is 18.2 Å². The molecule has 0 aliphatic carbocycles. The standard InChI is InChI=1S/C21H19FN2O3S.CF2O/c22-19-5-1-3-17(13-19)15-28(26,27)20-8-6-18(7-9-20)21(25)24-12-10-16-4-2-11-23-14-16;2-1(3)4/h1-9,11,13-14H,10,12,15H2,(H,24,25);. The Morgan fingerprint density at radius 2 is 1.59 bits per heavy atom. The van der Waals surface area contributed by atoms with E-state index in [1.807, 2.05) is 12.1 Å². The number of carbonyl (C=O) groups is 2. The third-order valence-corrected chi connectivity index (χ3v) is 5.85. The Morgan fingerprint density at radius 3 is 2.19 bits per heavy atom. The molecule has 1 N–H and O–H groups in total. The molecule has 1 heterocycles. The second-order valence-corrected chi connectivity index (χ2v) is 8.50. The van der Waals surface area contributed by atoms with E-state index in [0.29, 0.717) is 24.1 Å². The van der Waals surface area contributed by atoms with Crippen LogP contribution in [0.2, 0.25) is 0 Å². The Morgan fingerprint density at radius 1 is 0.938 bits per heavy atom. The Labute approximate surface area is 183 Å². The zero-order valence-electron chi connectivity index (χ0n) is 16.7. The van der Waals surface area contributed by atoms with E-state index in [-0.39, 0.29) is 16.6 Å². The number of aromatic nitrogens is 1. The van der Waals surface area contributed by atoms with Gasteiger partial charge in [0.15, 0.2) is 9.84 Å². The van der Waals surface area contributed by atoms with Gasteiger partial charge in [-0.05, 0) is 60.0 Å². The predicted molar refractivity (Wildman–Crippen MR) is 112 cm³/mol. The molecular weight excluding hydrogens is 445 g/mol. The number of hydrogen-bond acceptors (Lipinski definition) is 5. The number of sulfone groups is 1. The van der Waals surface area contributed by atoms with Gasteiger partial charge in [0.25, 0.3) is 5.91 Å². The molecule has 6 nitrogen and oxygen atoms in total. The number of halogens is 3. The monoisotopic (exact) mass is 464 g/mol. The molecule has 10 heteroatoms. The van der Waals surface area contributed by atoms with Crippen molar-refractivity contribution in [1.29, 1.82) is 0 Å². The molecule has 0 saturated heterocycles. The summed E-state index contributed by atoms with van der Waals surface area (Å²) < 4.78 is 57.6. The van der Waals surface area contributed by atoms with Crippen LogP contribution < -0.4 is 5.32 Å². The van der Waals surface area contributed by atoms with Crippen LogP contribution in [0.1, 0.15) is 21.5 Å². The summed E-state index contributed by atoms with van der Waals surface area (Å²) in [7, 11) is -3.63. The third kappa shape index (κ3) is 8.31. The van der Waals surface area contributed by atoms with E-state index >= 15 is 0 Å². The van der Waals surface area contributed by atoms with Gasteiger partial charge in [0.2, 0.25) is 0 Å². The summed E-state index contributed by atoms with van der Waals surface area (Å²) in [4.78, 5) is 24.4. The summed E-state index contributed by atoms with van der Waals surface area (Å²) >= 11 is 0. The van der Waals surface area contributed by atoms with Gasteiger partial charge in [-0.15, -0.1) is 8.78 Å². The maximum Gasteiger partial charge on any atom is 0.483 e. The molecule has 0 aliphatic heterocycles. The molecule has 1 aromatic heterocycles. The van der Waals surface area contributed by atoms with E-state index in [1.54, 1.807) is 18.5 Å². The maximum absolute atomic E-state index is 13.3. The van der Waals surface area contributed by atoms with Crippen molar-refractivity contribution in [2.45, 2.75) is 17.1 Å². The fraction of sp³-hybridized carbons (Fsp3) is 0.136. The second kappa shape index (κ2) is 11.8. The summed E-state index contributed by atoms with van der Waals surface area (Å²) in [5.41, 5.74) is 1.76. The lowest BCUT2D eigenvalue weighted by Crippen LogP contribution is -2.25. The summed E-state index contributed by atoms with van der Waals surface area (Å²) in [6, 6.07) is 15.0. The number of amides is 1. The van der Waals surface area contributed by atoms with E-state index in [4.69, 9.17) is 4.79 Å². The predicted octanol–water partition coefficient (Wildman–Crippen LogP) is 4.21. The molecular formula is C22H19F3N2O4S. The Kier molecular flexibility index (Phi) is 9.08. The zero-order valence-corrected chi connectivity index (χ0v) is 17.5. The molecule has 2 aromatic carbocycles. The number of benzene rings is 2. The number of pyridine rings is 1. The molecule has 3 aromatic rings. The lowest BCUT2D eigenvalue weighted by atomic mass is 10.2. The lowest BCUT2D eigenvalue weighted by Gasteiger charge is -2.08. The fourth-order valence-electron chi connectivity index (χ4n) is 2.71. The van der Waals surface area contributed by atoms with Gasteiger partial charge in [0.05, 0.1) is 10.6 Å². The molecule has 0 saturated carbocycles. The second-order valence-electron chi connectivity index (χ2n) is 6.51. The van der Waals surface area contributed by atoms with Crippen LogP contribution in [0.3, 0.4) is 0 Å². The highest BCUT2D eigenvalue weighted by Gasteiger charge is 2.16. The van der Waals surface area contributed by atoms with Crippen molar-refractivity contribution in [3.63, 3.8) is 0 Å². The minimum atomic E-state index is -3.63.